The highest BCUT2D eigenvalue weighted by Crippen LogP contribution is 2.22. The number of ether oxygens (including phenoxy) is 1. The standard InChI is InChI=1S/C19H18ClN3O3S/c1-12-6-8-14(9-7-12)25-11-18-22-23(19(27)26-18)10-17(24)21-16-5-3-4-15(20)13(16)2/h3-9H,10-11H2,1-2H3,(H,21,24). The molecule has 27 heavy (non-hydrogen) atoms. The maximum atomic E-state index is 12.3. The minimum absolute atomic E-state index is 0.0706. The molecule has 1 heterocycles. The van der Waals surface area contributed by atoms with Crippen LogP contribution >= 0.6 is 23.8 Å². The third-order valence-corrected chi connectivity index (χ3v) is 4.57. The van der Waals surface area contributed by atoms with Crippen LogP contribution in [-0.2, 0) is 17.9 Å². The Bertz CT molecular complexity index is 1010. The Morgan fingerprint density at radius 1 is 1.26 bits per heavy atom. The van der Waals surface area contributed by atoms with E-state index in [4.69, 9.17) is 33.0 Å². The number of benzene rings is 2. The molecule has 0 bridgehead atoms. The number of rotatable bonds is 6. The summed E-state index contributed by atoms with van der Waals surface area (Å²) in [7, 11) is 0. The van der Waals surface area contributed by atoms with Crippen LogP contribution in [0.3, 0.4) is 0 Å². The van der Waals surface area contributed by atoms with Crippen LogP contribution in [0.1, 0.15) is 17.0 Å². The zero-order valence-corrected chi connectivity index (χ0v) is 16.4. The van der Waals surface area contributed by atoms with Crippen LogP contribution in [-0.4, -0.2) is 15.7 Å². The zero-order chi connectivity index (χ0) is 19.4. The van der Waals surface area contributed by atoms with Crippen LogP contribution in [0.4, 0.5) is 5.69 Å². The molecule has 0 fully saturated rings. The summed E-state index contributed by atoms with van der Waals surface area (Å²) in [5, 5.41) is 7.58. The normalized spacial score (nSPS) is 10.6. The fourth-order valence-electron chi connectivity index (χ4n) is 2.36. The number of anilines is 1. The number of nitrogens with one attached hydrogen (secondary N) is 1. The largest absolute Gasteiger partial charge is 0.484 e. The van der Waals surface area contributed by atoms with E-state index in [9.17, 15) is 4.79 Å². The van der Waals surface area contributed by atoms with E-state index in [2.05, 4.69) is 10.4 Å². The van der Waals surface area contributed by atoms with Gasteiger partial charge in [-0.25, -0.2) is 4.68 Å². The number of aromatic nitrogens is 2. The fourth-order valence-corrected chi connectivity index (χ4v) is 2.73. The van der Waals surface area contributed by atoms with Gasteiger partial charge in [-0.3, -0.25) is 4.79 Å². The number of carbonyl (C=O) groups excluding carboxylic acids is 1. The van der Waals surface area contributed by atoms with Crippen molar-refractivity contribution in [2.45, 2.75) is 27.0 Å². The van der Waals surface area contributed by atoms with E-state index in [-0.39, 0.29) is 23.9 Å². The zero-order valence-electron chi connectivity index (χ0n) is 14.9. The molecule has 0 saturated heterocycles. The highest BCUT2D eigenvalue weighted by Gasteiger charge is 2.12. The van der Waals surface area contributed by atoms with E-state index < -0.39 is 0 Å². The molecule has 0 unspecified atom stereocenters. The van der Waals surface area contributed by atoms with Crippen molar-refractivity contribution < 1.29 is 13.9 Å². The lowest BCUT2D eigenvalue weighted by atomic mass is 10.2. The minimum Gasteiger partial charge on any atom is -0.484 e. The number of halogens is 1. The monoisotopic (exact) mass is 403 g/mol. The van der Waals surface area contributed by atoms with Crippen molar-refractivity contribution in [3.8, 4) is 5.75 Å². The van der Waals surface area contributed by atoms with Crippen LogP contribution in [0.15, 0.2) is 46.9 Å². The van der Waals surface area contributed by atoms with Gasteiger partial charge in [0, 0.05) is 10.7 Å². The van der Waals surface area contributed by atoms with Gasteiger partial charge in [-0.2, -0.15) is 0 Å². The molecule has 0 spiro atoms. The fraction of sp³-hybridized carbons (Fsp3) is 0.211. The molecule has 1 aromatic heterocycles. The smallest absolute Gasteiger partial charge is 0.287 e. The van der Waals surface area contributed by atoms with Crippen molar-refractivity contribution in [2.75, 3.05) is 5.32 Å². The summed E-state index contributed by atoms with van der Waals surface area (Å²) in [5.74, 6) is 0.716. The second kappa shape index (κ2) is 8.37. The number of amides is 1. The van der Waals surface area contributed by atoms with Gasteiger partial charge in [-0.1, -0.05) is 35.4 Å². The first-order valence-electron chi connectivity index (χ1n) is 8.23. The molecule has 0 saturated carbocycles. The van der Waals surface area contributed by atoms with E-state index in [1.165, 1.54) is 4.68 Å². The Morgan fingerprint density at radius 3 is 2.74 bits per heavy atom. The molecular weight excluding hydrogens is 386 g/mol. The number of hydrogen-bond donors (Lipinski definition) is 1. The summed E-state index contributed by atoms with van der Waals surface area (Å²) in [6, 6.07) is 12.9. The number of hydrogen-bond acceptors (Lipinski definition) is 5. The summed E-state index contributed by atoms with van der Waals surface area (Å²) in [6.45, 7) is 3.88. The van der Waals surface area contributed by atoms with E-state index in [1.54, 1.807) is 18.2 Å². The van der Waals surface area contributed by atoms with Crippen LogP contribution in [0, 0.1) is 18.7 Å². The predicted octanol–water partition coefficient (Wildman–Crippen LogP) is 4.69. The van der Waals surface area contributed by atoms with Gasteiger partial charge in [0.1, 0.15) is 12.3 Å². The lowest BCUT2D eigenvalue weighted by Gasteiger charge is -2.09. The summed E-state index contributed by atoms with van der Waals surface area (Å²) in [4.78, 5) is 12.4. The Hall–Kier alpha value is -2.64. The Kier molecular flexibility index (Phi) is 5.93. The number of aryl methyl sites for hydroxylation is 1. The number of carbonyl (C=O) groups is 1. The topological polar surface area (TPSA) is 69.3 Å². The number of nitrogens with zero attached hydrogens (tertiary/aromatic N) is 2. The molecule has 2 aromatic carbocycles. The predicted molar refractivity (Wildman–Crippen MR) is 106 cm³/mol. The SMILES string of the molecule is Cc1ccc(OCc2nn(CC(=O)Nc3cccc(Cl)c3C)c(=S)o2)cc1. The van der Waals surface area contributed by atoms with E-state index in [0.29, 0.717) is 22.4 Å². The lowest BCUT2D eigenvalue weighted by Crippen LogP contribution is -2.20. The Labute approximate surface area is 166 Å². The first-order chi connectivity index (χ1) is 12.9. The average molecular weight is 404 g/mol. The summed E-state index contributed by atoms with van der Waals surface area (Å²) in [6.07, 6.45) is 0. The summed E-state index contributed by atoms with van der Waals surface area (Å²) >= 11 is 11.2. The Morgan fingerprint density at radius 2 is 2.00 bits per heavy atom. The van der Waals surface area contributed by atoms with Crippen LogP contribution in [0.5, 0.6) is 5.75 Å². The summed E-state index contributed by atoms with van der Waals surface area (Å²) in [5.41, 5.74) is 2.58. The molecule has 3 aromatic rings. The first kappa shape index (κ1) is 19.1. The molecule has 140 valence electrons. The molecule has 0 atom stereocenters. The molecule has 0 radical (unpaired) electrons. The van der Waals surface area contributed by atoms with Gasteiger partial charge in [0.25, 0.3) is 10.7 Å². The van der Waals surface area contributed by atoms with Crippen molar-refractivity contribution in [3.05, 3.63) is 69.3 Å². The molecule has 0 aliphatic heterocycles. The third kappa shape index (κ3) is 4.96. The molecule has 1 N–H and O–H groups in total. The van der Waals surface area contributed by atoms with Gasteiger partial charge in [-0.05, 0) is 55.9 Å². The molecular formula is C19H18ClN3O3S. The Balaban J connectivity index is 1.62. The van der Waals surface area contributed by atoms with Gasteiger partial charge in [-0.15, -0.1) is 5.10 Å². The first-order valence-corrected chi connectivity index (χ1v) is 9.02. The molecule has 0 aliphatic carbocycles. The van der Waals surface area contributed by atoms with Crippen molar-refractivity contribution in [1.29, 1.82) is 0 Å². The van der Waals surface area contributed by atoms with Crippen molar-refractivity contribution in [2.24, 2.45) is 0 Å². The minimum atomic E-state index is -0.282. The van der Waals surface area contributed by atoms with Crippen LogP contribution in [0.2, 0.25) is 5.02 Å². The molecule has 6 nitrogen and oxygen atoms in total. The maximum absolute atomic E-state index is 12.3. The molecule has 0 aliphatic rings. The van der Waals surface area contributed by atoms with Crippen LogP contribution in [0.25, 0.3) is 0 Å². The molecule has 1 amide bonds. The lowest BCUT2D eigenvalue weighted by molar-refractivity contribution is -0.117. The second-order valence-corrected chi connectivity index (χ2v) is 6.74. The van der Waals surface area contributed by atoms with E-state index >= 15 is 0 Å². The van der Waals surface area contributed by atoms with Crippen molar-refractivity contribution in [1.82, 2.24) is 9.78 Å². The average Bonchev–Trinajstić information content (AvgIpc) is 2.98. The van der Waals surface area contributed by atoms with E-state index in [0.717, 1.165) is 11.1 Å². The molecule has 8 heteroatoms. The van der Waals surface area contributed by atoms with E-state index in [1.807, 2.05) is 38.1 Å². The van der Waals surface area contributed by atoms with Gasteiger partial charge in [0.05, 0.1) is 0 Å². The molecule has 3 rings (SSSR count). The van der Waals surface area contributed by atoms with Gasteiger partial charge in [0.2, 0.25) is 5.91 Å². The summed E-state index contributed by atoms with van der Waals surface area (Å²) < 4.78 is 12.3. The van der Waals surface area contributed by atoms with Crippen molar-refractivity contribution in [3.63, 3.8) is 0 Å². The van der Waals surface area contributed by atoms with Crippen LogP contribution < -0.4 is 10.1 Å². The quantitative estimate of drug-likeness (QED) is 0.604. The highest BCUT2D eigenvalue weighted by molar-refractivity contribution is 7.71. The highest BCUT2D eigenvalue weighted by atomic mass is 35.5. The van der Waals surface area contributed by atoms with Gasteiger partial charge >= 0.3 is 0 Å². The van der Waals surface area contributed by atoms with Gasteiger partial charge < -0.3 is 14.5 Å². The van der Waals surface area contributed by atoms with Gasteiger partial charge in [0.15, 0.2) is 6.61 Å². The third-order valence-electron chi connectivity index (χ3n) is 3.87. The maximum Gasteiger partial charge on any atom is 0.287 e. The van der Waals surface area contributed by atoms with Crippen molar-refractivity contribution >= 4 is 35.4 Å². The second-order valence-electron chi connectivity index (χ2n) is 5.98.